The van der Waals surface area contributed by atoms with Crippen LogP contribution in [0.2, 0.25) is 0 Å². The quantitative estimate of drug-likeness (QED) is 0.514. The van der Waals surface area contributed by atoms with Gasteiger partial charge in [-0.3, -0.25) is 4.79 Å². The van der Waals surface area contributed by atoms with E-state index in [9.17, 15) is 18.0 Å². The number of methoxy groups -OCH3 is 1. The number of carbonyl (C=O) groups excluding carboxylic acids is 1. The maximum Gasteiger partial charge on any atom is 0.280 e. The lowest BCUT2D eigenvalue weighted by Gasteiger charge is -2.09. The SMILES string of the molecule is COc1cccc(NC(=O)c2cnn3c(C(F)F)cc(-c4ccc(F)cc4)nc23)c1. The first kappa shape index (κ1) is 19.4. The number of aromatic nitrogens is 3. The van der Waals surface area contributed by atoms with E-state index in [1.165, 1.54) is 43.6 Å². The molecule has 2 aromatic carbocycles. The van der Waals surface area contributed by atoms with Crippen molar-refractivity contribution in [1.82, 2.24) is 14.6 Å². The number of amides is 1. The molecule has 30 heavy (non-hydrogen) atoms. The Hall–Kier alpha value is -3.88. The van der Waals surface area contributed by atoms with Gasteiger partial charge in [-0.15, -0.1) is 0 Å². The Labute approximate surface area is 168 Å². The number of anilines is 1. The minimum atomic E-state index is -2.86. The van der Waals surface area contributed by atoms with Crippen molar-refractivity contribution in [3.05, 3.63) is 77.9 Å². The van der Waals surface area contributed by atoms with Crippen LogP contribution in [0.15, 0.2) is 60.8 Å². The zero-order valence-electron chi connectivity index (χ0n) is 15.6. The van der Waals surface area contributed by atoms with Gasteiger partial charge >= 0.3 is 0 Å². The Kier molecular flexibility index (Phi) is 5.09. The summed E-state index contributed by atoms with van der Waals surface area (Å²) >= 11 is 0. The second-order valence-electron chi connectivity index (χ2n) is 6.35. The van der Waals surface area contributed by atoms with Crippen LogP contribution in [-0.2, 0) is 0 Å². The average Bonchev–Trinajstić information content (AvgIpc) is 3.17. The number of halogens is 3. The highest BCUT2D eigenvalue weighted by atomic mass is 19.3. The third kappa shape index (κ3) is 3.69. The van der Waals surface area contributed by atoms with E-state index in [0.717, 1.165) is 4.52 Å². The van der Waals surface area contributed by atoms with E-state index >= 15 is 0 Å². The number of alkyl halides is 2. The summed E-state index contributed by atoms with van der Waals surface area (Å²) in [5, 5.41) is 6.59. The molecule has 0 atom stereocenters. The zero-order valence-corrected chi connectivity index (χ0v) is 15.6. The molecule has 0 aliphatic carbocycles. The molecule has 0 unspecified atom stereocenters. The van der Waals surface area contributed by atoms with Crippen molar-refractivity contribution in [3.8, 4) is 17.0 Å². The van der Waals surface area contributed by atoms with E-state index in [1.807, 2.05) is 0 Å². The van der Waals surface area contributed by atoms with E-state index in [1.54, 1.807) is 24.3 Å². The highest BCUT2D eigenvalue weighted by Gasteiger charge is 2.21. The van der Waals surface area contributed by atoms with Crippen molar-refractivity contribution in [2.45, 2.75) is 6.43 Å². The number of nitrogens with one attached hydrogen (secondary N) is 1. The highest BCUT2D eigenvalue weighted by Crippen LogP contribution is 2.27. The van der Waals surface area contributed by atoms with Gasteiger partial charge in [0.25, 0.3) is 12.3 Å². The minimum absolute atomic E-state index is 0.0173. The maximum absolute atomic E-state index is 13.6. The normalized spacial score (nSPS) is 11.1. The predicted molar refractivity (Wildman–Crippen MR) is 104 cm³/mol. The molecule has 0 aliphatic heterocycles. The van der Waals surface area contributed by atoms with E-state index in [2.05, 4.69) is 15.4 Å². The van der Waals surface area contributed by atoms with Gasteiger partial charge in [0.1, 0.15) is 22.8 Å². The summed E-state index contributed by atoms with van der Waals surface area (Å²) in [5.41, 5.74) is 0.619. The molecule has 0 fully saturated rings. The molecule has 152 valence electrons. The Bertz CT molecular complexity index is 1220. The molecule has 2 heterocycles. The van der Waals surface area contributed by atoms with Crippen molar-refractivity contribution >= 4 is 17.2 Å². The van der Waals surface area contributed by atoms with Crippen LogP contribution in [0.3, 0.4) is 0 Å². The molecular formula is C21H15F3N4O2. The molecule has 0 bridgehead atoms. The Morgan fingerprint density at radius 3 is 2.60 bits per heavy atom. The Morgan fingerprint density at radius 2 is 1.90 bits per heavy atom. The van der Waals surface area contributed by atoms with Crippen LogP contribution in [0.25, 0.3) is 16.9 Å². The van der Waals surface area contributed by atoms with Crippen molar-refractivity contribution in [3.63, 3.8) is 0 Å². The lowest BCUT2D eigenvalue weighted by molar-refractivity contribution is 0.102. The number of hydrogen-bond donors (Lipinski definition) is 1. The number of nitrogens with zero attached hydrogens (tertiary/aromatic N) is 3. The van der Waals surface area contributed by atoms with E-state index in [0.29, 0.717) is 17.0 Å². The van der Waals surface area contributed by atoms with Crippen molar-refractivity contribution in [2.75, 3.05) is 12.4 Å². The van der Waals surface area contributed by atoms with Crippen LogP contribution in [-0.4, -0.2) is 27.6 Å². The summed E-state index contributed by atoms with van der Waals surface area (Å²) in [7, 11) is 1.50. The summed E-state index contributed by atoms with van der Waals surface area (Å²) in [6.45, 7) is 0. The molecule has 0 spiro atoms. The van der Waals surface area contributed by atoms with E-state index in [4.69, 9.17) is 4.74 Å². The first-order valence-corrected chi connectivity index (χ1v) is 8.84. The monoisotopic (exact) mass is 412 g/mol. The first-order chi connectivity index (χ1) is 14.5. The Morgan fingerprint density at radius 1 is 1.13 bits per heavy atom. The van der Waals surface area contributed by atoms with E-state index < -0.39 is 23.8 Å². The average molecular weight is 412 g/mol. The fourth-order valence-electron chi connectivity index (χ4n) is 2.97. The van der Waals surface area contributed by atoms with Gasteiger partial charge in [0.05, 0.1) is 19.0 Å². The van der Waals surface area contributed by atoms with Gasteiger partial charge in [0, 0.05) is 17.3 Å². The molecule has 1 N–H and O–H groups in total. The first-order valence-electron chi connectivity index (χ1n) is 8.84. The van der Waals surface area contributed by atoms with Crippen LogP contribution in [0, 0.1) is 5.82 Å². The van der Waals surface area contributed by atoms with Gasteiger partial charge in [0.2, 0.25) is 0 Å². The van der Waals surface area contributed by atoms with Crippen molar-refractivity contribution < 1.29 is 22.7 Å². The standard InChI is InChI=1S/C21H15F3N4O2/c1-30-15-4-2-3-14(9-15)26-21(29)16-11-25-28-18(19(23)24)10-17(27-20(16)28)12-5-7-13(22)8-6-12/h2-11,19H,1H3,(H,26,29). The molecule has 9 heteroatoms. The topological polar surface area (TPSA) is 68.5 Å². The number of ether oxygens (including phenoxy) is 1. The second kappa shape index (κ2) is 7.86. The Balaban J connectivity index is 1.78. The molecule has 0 saturated heterocycles. The summed E-state index contributed by atoms with van der Waals surface area (Å²) in [4.78, 5) is 17.1. The zero-order chi connectivity index (χ0) is 21.3. The third-order valence-corrected chi connectivity index (χ3v) is 4.44. The molecule has 4 aromatic rings. The molecule has 1 amide bonds. The molecule has 0 aliphatic rings. The molecule has 2 aromatic heterocycles. The largest absolute Gasteiger partial charge is 0.497 e. The van der Waals surface area contributed by atoms with Crippen LogP contribution in [0.1, 0.15) is 22.5 Å². The summed E-state index contributed by atoms with van der Waals surface area (Å²) in [5.74, 6) is -0.483. The lowest BCUT2D eigenvalue weighted by atomic mass is 10.1. The van der Waals surface area contributed by atoms with E-state index in [-0.39, 0.29) is 16.9 Å². The summed E-state index contributed by atoms with van der Waals surface area (Å²) in [6, 6.07) is 13.1. The highest BCUT2D eigenvalue weighted by molar-refractivity contribution is 6.08. The fraction of sp³-hybridized carbons (Fsp3) is 0.0952. The van der Waals surface area contributed by atoms with Gasteiger partial charge < -0.3 is 10.1 Å². The second-order valence-corrected chi connectivity index (χ2v) is 6.35. The lowest BCUT2D eigenvalue weighted by Crippen LogP contribution is -2.12. The fourth-order valence-corrected chi connectivity index (χ4v) is 2.97. The van der Waals surface area contributed by atoms with Crippen LogP contribution < -0.4 is 10.1 Å². The van der Waals surface area contributed by atoms with Gasteiger partial charge in [-0.25, -0.2) is 22.7 Å². The number of fused-ring (bicyclic) bond motifs is 1. The summed E-state index contributed by atoms with van der Waals surface area (Å²) < 4.78 is 46.5. The maximum atomic E-state index is 13.6. The van der Waals surface area contributed by atoms with Crippen molar-refractivity contribution in [1.29, 1.82) is 0 Å². The number of benzene rings is 2. The molecule has 4 rings (SSSR count). The number of rotatable bonds is 5. The summed E-state index contributed by atoms with van der Waals surface area (Å²) in [6.07, 6.45) is -1.68. The third-order valence-electron chi connectivity index (χ3n) is 4.44. The number of carbonyl (C=O) groups is 1. The smallest absolute Gasteiger partial charge is 0.280 e. The minimum Gasteiger partial charge on any atom is -0.497 e. The number of hydrogen-bond acceptors (Lipinski definition) is 4. The van der Waals surface area contributed by atoms with Gasteiger partial charge in [-0.1, -0.05) is 6.07 Å². The van der Waals surface area contributed by atoms with Crippen molar-refractivity contribution in [2.24, 2.45) is 0 Å². The molecule has 0 radical (unpaired) electrons. The molecule has 6 nitrogen and oxygen atoms in total. The predicted octanol–water partition coefficient (Wildman–Crippen LogP) is 4.73. The van der Waals surface area contributed by atoms with Crippen LogP contribution in [0.5, 0.6) is 5.75 Å². The molecule has 0 saturated carbocycles. The van der Waals surface area contributed by atoms with Gasteiger partial charge in [-0.05, 0) is 42.5 Å². The molecular weight excluding hydrogens is 397 g/mol. The van der Waals surface area contributed by atoms with Gasteiger partial charge in [-0.2, -0.15) is 5.10 Å². The van der Waals surface area contributed by atoms with Crippen LogP contribution in [0.4, 0.5) is 18.9 Å². The van der Waals surface area contributed by atoms with Crippen LogP contribution >= 0.6 is 0 Å². The van der Waals surface area contributed by atoms with Gasteiger partial charge in [0.15, 0.2) is 5.65 Å².